The molecule has 0 unspecified atom stereocenters. The van der Waals surface area contributed by atoms with Crippen LogP contribution in [0.3, 0.4) is 0 Å². The van der Waals surface area contributed by atoms with Crippen LogP contribution in [0.2, 0.25) is 0 Å². The molecule has 2 aliphatic heterocycles. The van der Waals surface area contributed by atoms with E-state index in [-0.39, 0.29) is 11.8 Å². The van der Waals surface area contributed by atoms with Crippen molar-refractivity contribution < 1.29 is 19.3 Å². The van der Waals surface area contributed by atoms with Gasteiger partial charge in [0, 0.05) is 0 Å². The first-order valence-corrected chi connectivity index (χ1v) is 8.90. The molecule has 7 nitrogen and oxygen atoms in total. The fourth-order valence-electron chi connectivity index (χ4n) is 4.01. The fraction of sp³-hybridized carbons (Fsp3) is 0.812. The number of hydrogen-bond donors (Lipinski definition) is 3. The molecule has 0 bridgehead atoms. The monoisotopic (exact) mass is 323 g/mol. The summed E-state index contributed by atoms with van der Waals surface area (Å²) >= 11 is 0. The number of quaternary nitrogens is 1. The van der Waals surface area contributed by atoms with E-state index in [4.69, 9.17) is 0 Å². The minimum absolute atomic E-state index is 0.252. The number of amides is 4. The zero-order valence-electron chi connectivity index (χ0n) is 13.7. The zero-order valence-corrected chi connectivity index (χ0v) is 13.7. The first-order chi connectivity index (χ1) is 11.1. The van der Waals surface area contributed by atoms with Crippen molar-refractivity contribution in [1.29, 1.82) is 0 Å². The molecule has 0 radical (unpaired) electrons. The molecule has 23 heavy (non-hydrogen) atoms. The third-order valence-electron chi connectivity index (χ3n) is 5.33. The average Bonchev–Trinajstić information content (AvgIpc) is 2.74. The quantitative estimate of drug-likeness (QED) is 0.625. The number of imide groups is 1. The molecule has 1 aliphatic carbocycles. The summed E-state index contributed by atoms with van der Waals surface area (Å²) in [6, 6.07) is -0.490. The normalized spacial score (nSPS) is 25.3. The van der Waals surface area contributed by atoms with Gasteiger partial charge in [-0.1, -0.05) is 19.3 Å². The summed E-state index contributed by atoms with van der Waals surface area (Å²) in [5, 5.41) is 3.71. The Morgan fingerprint density at radius 1 is 1.04 bits per heavy atom. The van der Waals surface area contributed by atoms with Crippen molar-refractivity contribution in [3.8, 4) is 0 Å². The molecule has 0 atom stereocenters. The summed E-state index contributed by atoms with van der Waals surface area (Å²) in [4.78, 5) is 38.2. The van der Waals surface area contributed by atoms with E-state index in [1.807, 2.05) is 0 Å². The molecule has 2 heterocycles. The first-order valence-electron chi connectivity index (χ1n) is 8.90. The summed E-state index contributed by atoms with van der Waals surface area (Å²) in [5.41, 5.74) is 1.75. The second-order valence-corrected chi connectivity index (χ2v) is 7.09. The number of nitrogens with zero attached hydrogens (tertiary/aromatic N) is 1. The maximum absolute atomic E-state index is 12.6. The van der Waals surface area contributed by atoms with Crippen molar-refractivity contribution in [3.63, 3.8) is 0 Å². The summed E-state index contributed by atoms with van der Waals surface area (Å²) < 4.78 is 0. The summed E-state index contributed by atoms with van der Waals surface area (Å²) in [7, 11) is 0. The Morgan fingerprint density at radius 2 is 1.65 bits per heavy atom. The Morgan fingerprint density at radius 3 is 2.30 bits per heavy atom. The van der Waals surface area contributed by atoms with Crippen LogP contribution in [0.15, 0.2) is 0 Å². The van der Waals surface area contributed by atoms with Gasteiger partial charge < -0.3 is 10.2 Å². The van der Waals surface area contributed by atoms with Crippen LogP contribution in [-0.4, -0.2) is 48.0 Å². The molecule has 4 amide bonds. The lowest BCUT2D eigenvalue weighted by atomic mass is 9.82. The Labute approximate surface area is 136 Å². The summed E-state index contributed by atoms with van der Waals surface area (Å²) in [5.74, 6) is -0.542. The van der Waals surface area contributed by atoms with E-state index in [2.05, 4.69) is 10.7 Å². The van der Waals surface area contributed by atoms with Crippen molar-refractivity contribution >= 4 is 17.8 Å². The number of likely N-dealkylation sites (tertiary alicyclic amines) is 1. The minimum Gasteiger partial charge on any atom is -0.327 e. The number of hydrazine groups is 1. The van der Waals surface area contributed by atoms with E-state index in [1.165, 1.54) is 17.7 Å². The van der Waals surface area contributed by atoms with Crippen molar-refractivity contribution in [1.82, 2.24) is 15.8 Å². The van der Waals surface area contributed by atoms with E-state index in [9.17, 15) is 14.4 Å². The third kappa shape index (κ3) is 3.49. The van der Waals surface area contributed by atoms with Crippen molar-refractivity contribution in [3.05, 3.63) is 0 Å². The molecule has 2 saturated heterocycles. The van der Waals surface area contributed by atoms with Crippen LogP contribution < -0.4 is 15.6 Å². The highest BCUT2D eigenvalue weighted by molar-refractivity contribution is 6.08. The molecule has 3 fully saturated rings. The van der Waals surface area contributed by atoms with Crippen LogP contribution in [0, 0.1) is 0 Å². The van der Waals surface area contributed by atoms with E-state index in [1.54, 1.807) is 0 Å². The Balaban J connectivity index is 1.57. The van der Waals surface area contributed by atoms with E-state index < -0.39 is 11.6 Å². The highest BCUT2D eigenvalue weighted by atomic mass is 16.2. The Bertz CT molecular complexity index is 480. The first kappa shape index (κ1) is 16.2. The van der Waals surface area contributed by atoms with E-state index >= 15 is 0 Å². The molecular formula is C16H27N4O3+. The molecule has 0 aromatic rings. The highest BCUT2D eigenvalue weighted by Gasteiger charge is 2.52. The van der Waals surface area contributed by atoms with Crippen LogP contribution in [0.5, 0.6) is 0 Å². The Hall–Kier alpha value is -1.63. The lowest BCUT2D eigenvalue weighted by Gasteiger charge is -2.30. The number of carbonyl (C=O) groups excluding carboxylic acids is 3. The predicted octanol–water partition coefficient (Wildman–Crippen LogP) is -0.269. The van der Waals surface area contributed by atoms with Gasteiger partial charge in [0.25, 0.3) is 11.8 Å². The zero-order chi connectivity index (χ0) is 16.3. The fourth-order valence-corrected chi connectivity index (χ4v) is 4.01. The van der Waals surface area contributed by atoms with Crippen molar-refractivity contribution in [2.75, 3.05) is 19.6 Å². The topological polar surface area (TPSA) is 82.9 Å². The second kappa shape index (κ2) is 6.86. The van der Waals surface area contributed by atoms with Crippen LogP contribution in [-0.2, 0) is 9.59 Å². The van der Waals surface area contributed by atoms with Gasteiger partial charge in [-0.25, -0.2) is 4.79 Å². The molecule has 128 valence electrons. The SMILES string of the molecule is O=C(C[NH+]1CCCCCC1)NN1C(=O)NC2(CCCCC2)C1=O. The maximum Gasteiger partial charge on any atom is 0.344 e. The average molecular weight is 323 g/mol. The van der Waals surface area contributed by atoms with Crippen LogP contribution in [0.25, 0.3) is 0 Å². The summed E-state index contributed by atoms with van der Waals surface area (Å²) in [6.45, 7) is 2.29. The van der Waals surface area contributed by atoms with Gasteiger partial charge in [0.2, 0.25) is 0 Å². The number of nitrogens with one attached hydrogen (secondary N) is 3. The number of rotatable bonds is 3. The lowest BCUT2D eigenvalue weighted by Crippen LogP contribution is -3.13. The third-order valence-corrected chi connectivity index (χ3v) is 5.33. The van der Waals surface area contributed by atoms with Gasteiger partial charge in [-0.3, -0.25) is 15.0 Å². The van der Waals surface area contributed by atoms with Crippen LogP contribution in [0.1, 0.15) is 57.8 Å². The smallest absolute Gasteiger partial charge is 0.327 e. The summed E-state index contributed by atoms with van der Waals surface area (Å²) in [6.07, 6.45) is 9.01. The molecule has 1 spiro atoms. The number of urea groups is 1. The minimum atomic E-state index is -0.780. The molecule has 7 heteroatoms. The largest absolute Gasteiger partial charge is 0.344 e. The van der Waals surface area contributed by atoms with Gasteiger partial charge in [0.05, 0.1) is 13.1 Å². The van der Waals surface area contributed by atoms with Crippen LogP contribution >= 0.6 is 0 Å². The van der Waals surface area contributed by atoms with Crippen molar-refractivity contribution in [2.24, 2.45) is 0 Å². The molecule has 3 aliphatic rings. The lowest BCUT2D eigenvalue weighted by molar-refractivity contribution is -0.891. The van der Waals surface area contributed by atoms with E-state index in [0.29, 0.717) is 19.4 Å². The van der Waals surface area contributed by atoms with Gasteiger partial charge in [-0.15, -0.1) is 0 Å². The number of carbonyl (C=O) groups is 3. The van der Waals surface area contributed by atoms with Crippen LogP contribution in [0.4, 0.5) is 4.79 Å². The van der Waals surface area contributed by atoms with E-state index in [0.717, 1.165) is 50.2 Å². The molecule has 1 saturated carbocycles. The number of hydrogen-bond acceptors (Lipinski definition) is 3. The predicted molar refractivity (Wildman–Crippen MR) is 83.4 cm³/mol. The van der Waals surface area contributed by atoms with Gasteiger partial charge in [-0.05, 0) is 38.5 Å². The molecular weight excluding hydrogens is 296 g/mol. The second-order valence-electron chi connectivity index (χ2n) is 7.09. The van der Waals surface area contributed by atoms with Crippen molar-refractivity contribution in [2.45, 2.75) is 63.3 Å². The van der Waals surface area contributed by atoms with Gasteiger partial charge in [0.1, 0.15) is 5.54 Å². The van der Waals surface area contributed by atoms with Gasteiger partial charge in [-0.2, -0.15) is 5.01 Å². The maximum atomic E-state index is 12.6. The molecule has 0 aromatic heterocycles. The molecule has 0 aromatic carbocycles. The van der Waals surface area contributed by atoms with Gasteiger partial charge in [0.15, 0.2) is 6.54 Å². The highest BCUT2D eigenvalue weighted by Crippen LogP contribution is 2.32. The Kier molecular flexibility index (Phi) is 4.84. The van der Waals surface area contributed by atoms with Gasteiger partial charge >= 0.3 is 6.03 Å². The molecule has 3 rings (SSSR count). The standard InChI is InChI=1S/C16H26N4O3/c21-13(12-19-10-6-1-2-7-11-19)18-20-14(22)16(17-15(20)23)8-4-3-5-9-16/h1-12H2,(H,17,23)(H,18,21)/p+1. The molecule has 3 N–H and O–H groups in total.